The summed E-state index contributed by atoms with van der Waals surface area (Å²) in [6.07, 6.45) is 1.00. The van der Waals surface area contributed by atoms with Gasteiger partial charge in [-0.1, -0.05) is 6.92 Å². The minimum absolute atomic E-state index is 0.373. The quantitative estimate of drug-likeness (QED) is 0.691. The number of phenols is 1. The van der Waals surface area contributed by atoms with Crippen molar-refractivity contribution in [1.82, 2.24) is 4.98 Å². The van der Waals surface area contributed by atoms with E-state index in [1.54, 1.807) is 0 Å². The summed E-state index contributed by atoms with van der Waals surface area (Å²) < 4.78 is 5.74. The van der Waals surface area contributed by atoms with Crippen LogP contribution in [0.5, 0.6) is 11.5 Å². The Morgan fingerprint density at radius 1 is 1.04 bits per heavy atom. The molecule has 120 valence electrons. The van der Waals surface area contributed by atoms with Gasteiger partial charge in [0, 0.05) is 16.6 Å². The van der Waals surface area contributed by atoms with Crippen LogP contribution in [-0.2, 0) is 0 Å². The van der Waals surface area contributed by atoms with Crippen LogP contribution < -0.4 is 4.74 Å². The molecular weight excluding hydrogens is 286 g/mol. The maximum atomic E-state index is 9.98. The van der Waals surface area contributed by atoms with E-state index in [0.29, 0.717) is 5.75 Å². The molecule has 0 amide bonds. The molecule has 3 aromatic rings. The third-order valence-electron chi connectivity index (χ3n) is 4.28. The van der Waals surface area contributed by atoms with Crippen LogP contribution in [0.15, 0.2) is 30.3 Å². The first-order valence-corrected chi connectivity index (χ1v) is 8.07. The van der Waals surface area contributed by atoms with Crippen molar-refractivity contribution >= 4 is 10.9 Å². The first-order chi connectivity index (χ1) is 11.0. The van der Waals surface area contributed by atoms with E-state index in [4.69, 9.17) is 4.74 Å². The normalized spacial score (nSPS) is 11.1. The summed E-state index contributed by atoms with van der Waals surface area (Å²) in [6.45, 7) is 8.82. The number of hydrogen-bond acceptors (Lipinski definition) is 2. The molecule has 1 aromatic heterocycles. The predicted octanol–water partition coefficient (Wildman–Crippen LogP) is 5.25. The second-order valence-corrected chi connectivity index (χ2v) is 6.14. The number of phenolic OH excluding ortho intramolecular Hbond substituents is 1. The molecule has 0 radical (unpaired) electrons. The summed E-state index contributed by atoms with van der Waals surface area (Å²) in [5, 5.41) is 11.2. The average molecular weight is 309 g/mol. The summed E-state index contributed by atoms with van der Waals surface area (Å²) in [6, 6.07) is 10.2. The van der Waals surface area contributed by atoms with Gasteiger partial charge in [0.25, 0.3) is 0 Å². The van der Waals surface area contributed by atoms with Crippen molar-refractivity contribution in [2.75, 3.05) is 6.61 Å². The molecule has 0 aliphatic rings. The lowest BCUT2D eigenvalue weighted by atomic mass is 10.0. The van der Waals surface area contributed by atoms with E-state index >= 15 is 0 Å². The molecule has 0 unspecified atom stereocenters. The molecule has 23 heavy (non-hydrogen) atoms. The van der Waals surface area contributed by atoms with Crippen LogP contribution in [0.2, 0.25) is 0 Å². The van der Waals surface area contributed by atoms with Gasteiger partial charge in [-0.15, -0.1) is 0 Å². The van der Waals surface area contributed by atoms with Crippen LogP contribution in [-0.4, -0.2) is 16.7 Å². The minimum atomic E-state index is 0.373. The lowest BCUT2D eigenvalue weighted by Crippen LogP contribution is -1.94. The minimum Gasteiger partial charge on any atom is -0.507 e. The number of benzene rings is 2. The van der Waals surface area contributed by atoms with Crippen molar-refractivity contribution in [2.45, 2.75) is 34.1 Å². The zero-order chi connectivity index (χ0) is 16.6. The Kier molecular flexibility index (Phi) is 4.03. The summed E-state index contributed by atoms with van der Waals surface area (Å²) in [4.78, 5) is 3.50. The average Bonchev–Trinajstić information content (AvgIpc) is 2.87. The van der Waals surface area contributed by atoms with E-state index in [1.165, 1.54) is 10.9 Å². The van der Waals surface area contributed by atoms with Gasteiger partial charge in [-0.2, -0.15) is 0 Å². The Morgan fingerprint density at radius 2 is 1.74 bits per heavy atom. The van der Waals surface area contributed by atoms with E-state index in [-0.39, 0.29) is 0 Å². The van der Waals surface area contributed by atoms with Crippen molar-refractivity contribution < 1.29 is 9.84 Å². The molecule has 0 aliphatic heterocycles. The molecule has 0 bridgehead atoms. The van der Waals surface area contributed by atoms with Crippen LogP contribution in [0.1, 0.15) is 30.0 Å². The largest absolute Gasteiger partial charge is 0.507 e. The van der Waals surface area contributed by atoms with Crippen molar-refractivity contribution in [3.63, 3.8) is 0 Å². The molecule has 3 heteroatoms. The first kappa shape index (κ1) is 15.5. The smallest absolute Gasteiger partial charge is 0.121 e. The molecule has 3 rings (SSSR count). The zero-order valence-electron chi connectivity index (χ0n) is 14.2. The van der Waals surface area contributed by atoms with Gasteiger partial charge in [0.1, 0.15) is 11.5 Å². The Morgan fingerprint density at radius 3 is 2.39 bits per heavy atom. The molecule has 0 saturated carbocycles. The van der Waals surface area contributed by atoms with Crippen molar-refractivity contribution in [3.05, 3.63) is 47.0 Å². The highest BCUT2D eigenvalue weighted by Crippen LogP contribution is 2.34. The van der Waals surface area contributed by atoms with Gasteiger partial charge in [0.15, 0.2) is 0 Å². The van der Waals surface area contributed by atoms with Crippen molar-refractivity contribution in [2.24, 2.45) is 0 Å². The number of rotatable bonds is 4. The fourth-order valence-electron chi connectivity index (χ4n) is 3.00. The standard InChI is InChI=1S/C20H23NO2/c1-5-8-23-16-6-7-18-17(11-16)14(4)19(21-18)15-9-12(2)20(22)13(3)10-15/h6-7,9-11,21-22H,5,8H2,1-4H3. The van der Waals surface area contributed by atoms with E-state index in [1.807, 2.05) is 32.0 Å². The number of ether oxygens (including phenoxy) is 1. The predicted molar refractivity (Wildman–Crippen MR) is 95.4 cm³/mol. The summed E-state index contributed by atoms with van der Waals surface area (Å²) in [5.41, 5.74) is 6.28. The third-order valence-corrected chi connectivity index (χ3v) is 4.28. The molecule has 0 atom stereocenters. The molecule has 0 aliphatic carbocycles. The first-order valence-electron chi connectivity index (χ1n) is 8.07. The van der Waals surface area contributed by atoms with E-state index in [2.05, 4.69) is 31.0 Å². The SMILES string of the molecule is CCCOc1ccc2[nH]c(-c3cc(C)c(O)c(C)c3)c(C)c2c1. The van der Waals surface area contributed by atoms with E-state index in [0.717, 1.165) is 46.7 Å². The third kappa shape index (κ3) is 2.79. The molecule has 2 aromatic carbocycles. The number of H-pyrrole nitrogens is 1. The fourth-order valence-corrected chi connectivity index (χ4v) is 3.00. The Labute approximate surface area is 136 Å². The van der Waals surface area contributed by atoms with Crippen LogP contribution in [0.4, 0.5) is 0 Å². The highest BCUT2D eigenvalue weighted by atomic mass is 16.5. The number of aryl methyl sites for hydroxylation is 3. The number of fused-ring (bicyclic) bond motifs is 1. The Balaban J connectivity index is 2.10. The molecule has 2 N–H and O–H groups in total. The van der Waals surface area contributed by atoms with Crippen LogP contribution in [0, 0.1) is 20.8 Å². The molecule has 0 spiro atoms. The van der Waals surface area contributed by atoms with E-state index < -0.39 is 0 Å². The maximum Gasteiger partial charge on any atom is 0.121 e. The molecule has 0 fully saturated rings. The second kappa shape index (κ2) is 5.99. The Hall–Kier alpha value is -2.42. The lowest BCUT2D eigenvalue weighted by molar-refractivity contribution is 0.318. The number of hydrogen-bond donors (Lipinski definition) is 2. The van der Waals surface area contributed by atoms with Gasteiger partial charge in [-0.3, -0.25) is 0 Å². The van der Waals surface area contributed by atoms with Gasteiger partial charge in [-0.25, -0.2) is 0 Å². The molecular formula is C20H23NO2. The molecule has 0 saturated heterocycles. The molecule has 1 heterocycles. The zero-order valence-corrected chi connectivity index (χ0v) is 14.2. The lowest BCUT2D eigenvalue weighted by Gasteiger charge is -2.08. The topological polar surface area (TPSA) is 45.2 Å². The van der Waals surface area contributed by atoms with Gasteiger partial charge >= 0.3 is 0 Å². The van der Waals surface area contributed by atoms with Gasteiger partial charge in [-0.05, 0) is 79.8 Å². The van der Waals surface area contributed by atoms with Crippen LogP contribution in [0.25, 0.3) is 22.2 Å². The van der Waals surface area contributed by atoms with Gasteiger partial charge in [0.05, 0.1) is 6.61 Å². The Bertz CT molecular complexity index is 838. The van der Waals surface area contributed by atoms with Crippen molar-refractivity contribution in [1.29, 1.82) is 0 Å². The summed E-state index contributed by atoms with van der Waals surface area (Å²) in [5.74, 6) is 1.28. The monoisotopic (exact) mass is 309 g/mol. The number of aromatic nitrogens is 1. The maximum absolute atomic E-state index is 9.98. The number of aromatic hydroxyl groups is 1. The summed E-state index contributed by atoms with van der Waals surface area (Å²) >= 11 is 0. The highest BCUT2D eigenvalue weighted by Gasteiger charge is 2.13. The van der Waals surface area contributed by atoms with Gasteiger partial charge < -0.3 is 14.8 Å². The van der Waals surface area contributed by atoms with Gasteiger partial charge in [0.2, 0.25) is 0 Å². The number of aromatic amines is 1. The highest BCUT2D eigenvalue weighted by molar-refractivity contribution is 5.91. The fraction of sp³-hybridized carbons (Fsp3) is 0.300. The number of nitrogens with one attached hydrogen (secondary N) is 1. The van der Waals surface area contributed by atoms with Crippen LogP contribution in [0.3, 0.4) is 0 Å². The molecule has 3 nitrogen and oxygen atoms in total. The second-order valence-electron chi connectivity index (χ2n) is 6.14. The van der Waals surface area contributed by atoms with Crippen molar-refractivity contribution in [3.8, 4) is 22.8 Å². The van der Waals surface area contributed by atoms with E-state index in [9.17, 15) is 5.11 Å². The summed E-state index contributed by atoms with van der Waals surface area (Å²) in [7, 11) is 0. The van der Waals surface area contributed by atoms with Crippen LogP contribution >= 0.6 is 0 Å².